The van der Waals surface area contributed by atoms with Crippen LogP contribution in [0.4, 0.5) is 5.13 Å². The Bertz CT molecular complexity index is 1460. The summed E-state index contributed by atoms with van der Waals surface area (Å²) in [4.78, 5) is 26.7. The van der Waals surface area contributed by atoms with Crippen LogP contribution in [0.15, 0.2) is 47.4 Å². The number of halogens is 1. The van der Waals surface area contributed by atoms with Crippen molar-refractivity contribution in [2.45, 2.75) is 24.7 Å². The summed E-state index contributed by atoms with van der Waals surface area (Å²) in [7, 11) is -4.05. The van der Waals surface area contributed by atoms with Crippen LogP contribution in [0, 0.1) is 0 Å². The van der Waals surface area contributed by atoms with Gasteiger partial charge in [-0.1, -0.05) is 22.9 Å². The van der Waals surface area contributed by atoms with Crippen molar-refractivity contribution in [1.82, 2.24) is 8.96 Å². The van der Waals surface area contributed by atoms with E-state index >= 15 is 0 Å². The molecule has 8 nitrogen and oxygen atoms in total. The minimum Gasteiger partial charge on any atom is -0.481 e. The molecule has 0 saturated heterocycles. The summed E-state index contributed by atoms with van der Waals surface area (Å²) >= 11 is 7.22. The van der Waals surface area contributed by atoms with E-state index in [9.17, 15) is 18.0 Å². The average molecular weight is 478 g/mol. The summed E-state index contributed by atoms with van der Waals surface area (Å²) in [5.41, 5.74) is 1.32. The molecule has 160 valence electrons. The van der Waals surface area contributed by atoms with Gasteiger partial charge in [-0.05, 0) is 48.9 Å². The molecule has 1 amide bonds. The number of nitrogens with one attached hydrogen (secondary N) is 1. The standard InChI is InChI=1S/C20H16ClN3O5S2/c1-11(25)22-20-23-16-5-4-15(10-18(16)30-20)31(28,29)24-14(3-7-19(26)27)9-12-8-13(21)2-6-17(12)24/h2,4-6,8-10H,3,7H2,1H3,(H,26,27)(H,22,23,25). The molecule has 0 aliphatic heterocycles. The maximum atomic E-state index is 13.6. The number of carbonyl (C=O) groups excluding carboxylic acids is 1. The summed E-state index contributed by atoms with van der Waals surface area (Å²) in [6.07, 6.45) is -0.177. The Kier molecular flexibility index (Phi) is 5.46. The number of fused-ring (bicyclic) bond motifs is 2. The van der Waals surface area contributed by atoms with Crippen LogP contribution in [0.25, 0.3) is 21.1 Å². The molecule has 11 heteroatoms. The number of aliphatic carboxylic acids is 1. The topological polar surface area (TPSA) is 118 Å². The van der Waals surface area contributed by atoms with Gasteiger partial charge < -0.3 is 10.4 Å². The fourth-order valence-electron chi connectivity index (χ4n) is 3.29. The van der Waals surface area contributed by atoms with Gasteiger partial charge in [0.2, 0.25) is 5.91 Å². The maximum Gasteiger partial charge on any atom is 0.303 e. The molecule has 0 bridgehead atoms. The number of carboxylic acids is 1. The smallest absolute Gasteiger partial charge is 0.303 e. The van der Waals surface area contributed by atoms with Crippen LogP contribution >= 0.6 is 22.9 Å². The molecular weight excluding hydrogens is 462 g/mol. The van der Waals surface area contributed by atoms with Crippen LogP contribution in [0.2, 0.25) is 5.02 Å². The van der Waals surface area contributed by atoms with E-state index in [0.717, 1.165) is 0 Å². The molecule has 2 heterocycles. The Morgan fingerprint density at radius 2 is 1.97 bits per heavy atom. The second kappa shape index (κ2) is 7.95. The molecular formula is C20H16ClN3O5S2. The molecule has 31 heavy (non-hydrogen) atoms. The third-order valence-corrected chi connectivity index (χ3v) is 7.50. The van der Waals surface area contributed by atoms with Gasteiger partial charge in [0.15, 0.2) is 5.13 Å². The van der Waals surface area contributed by atoms with E-state index in [1.165, 1.54) is 34.4 Å². The second-order valence-electron chi connectivity index (χ2n) is 6.83. The largest absolute Gasteiger partial charge is 0.481 e. The van der Waals surface area contributed by atoms with Crippen LogP contribution in [-0.2, 0) is 26.0 Å². The quantitative estimate of drug-likeness (QED) is 0.431. The molecule has 0 unspecified atom stereocenters. The number of amides is 1. The van der Waals surface area contributed by atoms with E-state index in [2.05, 4.69) is 10.3 Å². The lowest BCUT2D eigenvalue weighted by molar-refractivity contribution is -0.137. The van der Waals surface area contributed by atoms with Crippen LogP contribution < -0.4 is 5.32 Å². The zero-order chi connectivity index (χ0) is 22.3. The summed E-state index contributed by atoms with van der Waals surface area (Å²) in [5, 5.41) is 13.1. The molecule has 4 aromatic rings. The molecule has 0 atom stereocenters. The Balaban J connectivity index is 1.86. The lowest BCUT2D eigenvalue weighted by Gasteiger charge is -2.12. The van der Waals surface area contributed by atoms with Crippen molar-refractivity contribution >= 4 is 71.1 Å². The highest BCUT2D eigenvalue weighted by Gasteiger charge is 2.24. The highest BCUT2D eigenvalue weighted by Crippen LogP contribution is 2.32. The van der Waals surface area contributed by atoms with Crippen molar-refractivity contribution in [3.8, 4) is 0 Å². The van der Waals surface area contributed by atoms with Gasteiger partial charge >= 0.3 is 5.97 Å². The fourth-order valence-corrected chi connectivity index (χ4v) is 6.09. The maximum absolute atomic E-state index is 13.6. The van der Waals surface area contributed by atoms with E-state index < -0.39 is 16.0 Å². The molecule has 0 aliphatic rings. The van der Waals surface area contributed by atoms with E-state index in [4.69, 9.17) is 16.7 Å². The molecule has 2 aromatic heterocycles. The zero-order valence-electron chi connectivity index (χ0n) is 16.1. The van der Waals surface area contributed by atoms with Gasteiger partial charge in [0, 0.05) is 23.0 Å². The monoisotopic (exact) mass is 477 g/mol. The predicted octanol–water partition coefficient (Wildman–Crippen LogP) is 4.12. The zero-order valence-corrected chi connectivity index (χ0v) is 18.5. The molecule has 0 spiro atoms. The Morgan fingerprint density at radius 1 is 1.19 bits per heavy atom. The number of anilines is 1. The van der Waals surface area contributed by atoms with Crippen LogP contribution in [0.1, 0.15) is 19.0 Å². The number of thiazole rings is 1. The Hall–Kier alpha value is -2.95. The number of benzene rings is 2. The first-order valence-electron chi connectivity index (χ1n) is 9.10. The van der Waals surface area contributed by atoms with Gasteiger partial charge in [0.1, 0.15) is 0 Å². The number of aromatic nitrogens is 2. The Morgan fingerprint density at radius 3 is 2.68 bits per heavy atom. The number of carboxylic acid groups (broad SMARTS) is 1. The highest BCUT2D eigenvalue weighted by atomic mass is 35.5. The minimum absolute atomic E-state index is 0.0297. The summed E-state index contributed by atoms with van der Waals surface area (Å²) < 4.78 is 28.9. The van der Waals surface area contributed by atoms with Crippen molar-refractivity contribution in [3.05, 3.63) is 53.2 Å². The fraction of sp³-hybridized carbons (Fsp3) is 0.150. The first-order valence-corrected chi connectivity index (χ1v) is 11.7. The first kappa shape index (κ1) is 21.3. The van der Waals surface area contributed by atoms with Crippen LogP contribution in [-0.4, -0.2) is 34.4 Å². The second-order valence-corrected chi connectivity index (χ2v) is 10.1. The van der Waals surface area contributed by atoms with Gasteiger partial charge in [-0.3, -0.25) is 9.59 Å². The molecule has 4 rings (SSSR count). The first-order chi connectivity index (χ1) is 14.6. The van der Waals surface area contributed by atoms with Crippen LogP contribution in [0.5, 0.6) is 0 Å². The summed E-state index contributed by atoms with van der Waals surface area (Å²) in [5.74, 6) is -1.30. The van der Waals surface area contributed by atoms with Gasteiger partial charge in [-0.15, -0.1) is 0 Å². The van der Waals surface area contributed by atoms with Gasteiger partial charge in [-0.2, -0.15) is 0 Å². The number of rotatable bonds is 6. The van der Waals surface area contributed by atoms with Crippen molar-refractivity contribution in [2.75, 3.05) is 5.32 Å². The van der Waals surface area contributed by atoms with Gasteiger partial charge in [0.25, 0.3) is 10.0 Å². The summed E-state index contributed by atoms with van der Waals surface area (Å²) in [6.45, 7) is 1.37. The molecule has 0 fully saturated rings. The number of aryl methyl sites for hydroxylation is 1. The SMILES string of the molecule is CC(=O)Nc1nc2ccc(S(=O)(=O)n3c(CCC(=O)O)cc4cc(Cl)ccc43)cc2s1. The van der Waals surface area contributed by atoms with Crippen LogP contribution in [0.3, 0.4) is 0 Å². The Labute approximate surface area is 186 Å². The molecule has 0 radical (unpaired) electrons. The van der Waals surface area contributed by atoms with E-state index in [1.807, 2.05) is 0 Å². The lowest BCUT2D eigenvalue weighted by Crippen LogP contribution is -2.16. The number of hydrogen-bond acceptors (Lipinski definition) is 6. The van der Waals surface area contributed by atoms with Gasteiger partial charge in [-0.25, -0.2) is 17.4 Å². The normalized spacial score (nSPS) is 11.8. The average Bonchev–Trinajstić information content (AvgIpc) is 3.24. The predicted molar refractivity (Wildman–Crippen MR) is 119 cm³/mol. The number of nitrogens with zero attached hydrogens (tertiary/aromatic N) is 2. The minimum atomic E-state index is -4.05. The van der Waals surface area contributed by atoms with Crippen molar-refractivity contribution in [2.24, 2.45) is 0 Å². The van der Waals surface area contributed by atoms with Crippen molar-refractivity contribution in [3.63, 3.8) is 0 Å². The highest BCUT2D eigenvalue weighted by molar-refractivity contribution is 7.90. The summed E-state index contributed by atoms with van der Waals surface area (Å²) in [6, 6.07) is 11.0. The molecule has 2 N–H and O–H groups in total. The molecule has 2 aromatic carbocycles. The van der Waals surface area contributed by atoms with E-state index in [0.29, 0.717) is 37.0 Å². The number of carbonyl (C=O) groups is 2. The van der Waals surface area contributed by atoms with E-state index in [1.54, 1.807) is 30.3 Å². The third kappa shape index (κ3) is 4.14. The molecule has 0 aliphatic carbocycles. The van der Waals surface area contributed by atoms with Crippen molar-refractivity contribution in [1.29, 1.82) is 0 Å². The van der Waals surface area contributed by atoms with Gasteiger partial charge in [0.05, 0.1) is 27.0 Å². The third-order valence-electron chi connectivity index (χ3n) is 4.57. The van der Waals surface area contributed by atoms with Crippen molar-refractivity contribution < 1.29 is 23.1 Å². The lowest BCUT2D eigenvalue weighted by atomic mass is 10.2. The number of hydrogen-bond donors (Lipinski definition) is 2. The molecule has 0 saturated carbocycles. The van der Waals surface area contributed by atoms with E-state index in [-0.39, 0.29) is 23.6 Å².